The van der Waals surface area contributed by atoms with Gasteiger partial charge in [0.2, 0.25) is 10.0 Å². The Morgan fingerprint density at radius 2 is 1.86 bits per heavy atom. The highest BCUT2D eigenvalue weighted by atomic mass is 35.5. The summed E-state index contributed by atoms with van der Waals surface area (Å²) in [6.45, 7) is 0. The van der Waals surface area contributed by atoms with Gasteiger partial charge >= 0.3 is 0 Å². The molecule has 2 aromatic rings. The first kappa shape index (κ1) is 15.4. The maximum absolute atomic E-state index is 12.0. The smallest absolute Gasteiger partial charge is 0.257 e. The van der Waals surface area contributed by atoms with Crippen molar-refractivity contribution in [3.63, 3.8) is 0 Å². The SMILES string of the molecule is CNS(=O)(=O)c1ccc(NC(=O)c2ccncc2Cl)cc1. The number of aromatic nitrogens is 1. The van der Waals surface area contributed by atoms with Gasteiger partial charge in [-0.3, -0.25) is 9.78 Å². The summed E-state index contributed by atoms with van der Waals surface area (Å²) in [5.74, 6) is -0.397. The topological polar surface area (TPSA) is 88.2 Å². The predicted molar refractivity (Wildman–Crippen MR) is 79.9 cm³/mol. The highest BCUT2D eigenvalue weighted by Gasteiger charge is 2.13. The van der Waals surface area contributed by atoms with Crippen LogP contribution in [0.15, 0.2) is 47.6 Å². The molecule has 0 saturated carbocycles. The predicted octanol–water partition coefficient (Wildman–Crippen LogP) is 1.90. The maximum atomic E-state index is 12.0. The van der Waals surface area contributed by atoms with Gasteiger partial charge in [0.15, 0.2) is 0 Å². The molecule has 0 atom stereocenters. The van der Waals surface area contributed by atoms with Crippen LogP contribution in [0.4, 0.5) is 5.69 Å². The van der Waals surface area contributed by atoms with E-state index in [1.54, 1.807) is 0 Å². The molecule has 1 amide bonds. The number of hydrogen-bond acceptors (Lipinski definition) is 4. The number of sulfonamides is 1. The van der Waals surface area contributed by atoms with Crippen molar-refractivity contribution in [3.8, 4) is 0 Å². The van der Waals surface area contributed by atoms with Crippen LogP contribution < -0.4 is 10.0 Å². The van der Waals surface area contributed by atoms with Gasteiger partial charge in [0.25, 0.3) is 5.91 Å². The number of hydrogen-bond donors (Lipinski definition) is 2. The van der Waals surface area contributed by atoms with E-state index in [2.05, 4.69) is 15.0 Å². The van der Waals surface area contributed by atoms with Crippen LogP contribution in [-0.4, -0.2) is 26.4 Å². The zero-order valence-electron chi connectivity index (χ0n) is 11.0. The molecule has 0 aliphatic rings. The summed E-state index contributed by atoms with van der Waals surface area (Å²) >= 11 is 5.88. The van der Waals surface area contributed by atoms with Gasteiger partial charge < -0.3 is 5.32 Å². The van der Waals surface area contributed by atoms with Crippen LogP contribution in [0.25, 0.3) is 0 Å². The minimum Gasteiger partial charge on any atom is -0.322 e. The lowest BCUT2D eigenvalue weighted by atomic mass is 10.2. The number of carbonyl (C=O) groups excluding carboxylic acids is 1. The van der Waals surface area contributed by atoms with Crippen LogP contribution >= 0.6 is 11.6 Å². The molecular weight excluding hydrogens is 314 g/mol. The molecule has 6 nitrogen and oxygen atoms in total. The molecule has 0 radical (unpaired) electrons. The molecule has 0 fully saturated rings. The molecular formula is C13H12ClN3O3S. The molecule has 1 aromatic carbocycles. The van der Waals surface area contributed by atoms with E-state index in [0.717, 1.165) is 0 Å². The van der Waals surface area contributed by atoms with Crippen LogP contribution in [0, 0.1) is 0 Å². The van der Waals surface area contributed by atoms with E-state index >= 15 is 0 Å². The Hall–Kier alpha value is -1.96. The van der Waals surface area contributed by atoms with E-state index in [0.29, 0.717) is 11.3 Å². The molecule has 0 bridgehead atoms. The Labute approximate surface area is 127 Å². The molecule has 0 saturated heterocycles. The molecule has 0 aliphatic heterocycles. The van der Waals surface area contributed by atoms with Crippen molar-refractivity contribution in [2.45, 2.75) is 4.90 Å². The lowest BCUT2D eigenvalue weighted by Crippen LogP contribution is -2.18. The molecule has 0 unspecified atom stereocenters. The van der Waals surface area contributed by atoms with Crippen molar-refractivity contribution >= 4 is 33.2 Å². The monoisotopic (exact) mass is 325 g/mol. The highest BCUT2D eigenvalue weighted by molar-refractivity contribution is 7.89. The summed E-state index contributed by atoms with van der Waals surface area (Å²) < 4.78 is 25.4. The summed E-state index contributed by atoms with van der Waals surface area (Å²) in [6, 6.07) is 7.29. The van der Waals surface area contributed by atoms with E-state index in [-0.39, 0.29) is 9.92 Å². The molecule has 8 heteroatoms. The van der Waals surface area contributed by atoms with E-state index < -0.39 is 15.9 Å². The Morgan fingerprint density at radius 1 is 1.19 bits per heavy atom. The van der Waals surface area contributed by atoms with E-state index in [1.807, 2.05) is 0 Å². The third-order valence-electron chi connectivity index (χ3n) is 2.71. The number of nitrogens with zero attached hydrogens (tertiary/aromatic N) is 1. The number of rotatable bonds is 4. The van der Waals surface area contributed by atoms with Crippen molar-refractivity contribution in [2.24, 2.45) is 0 Å². The number of anilines is 1. The van der Waals surface area contributed by atoms with Crippen molar-refractivity contribution in [1.82, 2.24) is 9.71 Å². The molecule has 1 heterocycles. The minimum absolute atomic E-state index is 0.116. The van der Waals surface area contributed by atoms with Gasteiger partial charge in [0.05, 0.1) is 15.5 Å². The average molecular weight is 326 g/mol. The molecule has 110 valence electrons. The van der Waals surface area contributed by atoms with Crippen molar-refractivity contribution in [2.75, 3.05) is 12.4 Å². The third-order valence-corrected chi connectivity index (χ3v) is 4.44. The van der Waals surface area contributed by atoms with Gasteiger partial charge in [-0.05, 0) is 37.4 Å². The van der Waals surface area contributed by atoms with Gasteiger partial charge in [-0.2, -0.15) is 0 Å². The van der Waals surface area contributed by atoms with Crippen molar-refractivity contribution in [1.29, 1.82) is 0 Å². The average Bonchev–Trinajstić information content (AvgIpc) is 2.48. The Kier molecular flexibility index (Phi) is 4.56. The second kappa shape index (κ2) is 6.21. The maximum Gasteiger partial charge on any atom is 0.257 e. The summed E-state index contributed by atoms with van der Waals surface area (Å²) in [4.78, 5) is 15.9. The Morgan fingerprint density at radius 3 is 2.43 bits per heavy atom. The molecule has 2 N–H and O–H groups in total. The third kappa shape index (κ3) is 3.57. The lowest BCUT2D eigenvalue weighted by molar-refractivity contribution is 0.102. The number of pyridine rings is 1. The van der Waals surface area contributed by atoms with Crippen molar-refractivity contribution in [3.05, 3.63) is 53.3 Å². The normalized spacial score (nSPS) is 11.1. The summed E-state index contributed by atoms with van der Waals surface area (Å²) in [6.07, 6.45) is 2.84. The molecule has 21 heavy (non-hydrogen) atoms. The molecule has 2 rings (SSSR count). The summed E-state index contributed by atoms with van der Waals surface area (Å²) in [7, 11) is -2.16. The fraction of sp³-hybridized carbons (Fsp3) is 0.0769. The van der Waals surface area contributed by atoms with Gasteiger partial charge in [-0.25, -0.2) is 13.1 Å². The second-order valence-electron chi connectivity index (χ2n) is 4.04. The number of benzene rings is 1. The zero-order valence-corrected chi connectivity index (χ0v) is 12.6. The quantitative estimate of drug-likeness (QED) is 0.898. The molecule has 1 aromatic heterocycles. The second-order valence-corrected chi connectivity index (χ2v) is 6.34. The first-order chi connectivity index (χ1) is 9.94. The first-order valence-corrected chi connectivity index (χ1v) is 7.74. The Balaban J connectivity index is 2.18. The van der Waals surface area contributed by atoms with Gasteiger partial charge in [-0.1, -0.05) is 11.6 Å². The zero-order chi connectivity index (χ0) is 15.5. The molecule has 0 spiro atoms. The number of amides is 1. The summed E-state index contributed by atoms with van der Waals surface area (Å²) in [5, 5.41) is 2.87. The largest absolute Gasteiger partial charge is 0.322 e. The van der Waals surface area contributed by atoms with Crippen LogP contribution in [0.5, 0.6) is 0 Å². The van der Waals surface area contributed by atoms with Gasteiger partial charge in [0, 0.05) is 18.1 Å². The Bertz CT molecular complexity index is 760. The number of nitrogens with one attached hydrogen (secondary N) is 2. The van der Waals surface area contributed by atoms with E-state index in [9.17, 15) is 13.2 Å². The van der Waals surface area contributed by atoms with Crippen LogP contribution in [-0.2, 0) is 10.0 Å². The van der Waals surface area contributed by atoms with Gasteiger partial charge in [0.1, 0.15) is 0 Å². The first-order valence-electron chi connectivity index (χ1n) is 5.88. The molecule has 0 aliphatic carbocycles. The fourth-order valence-corrected chi connectivity index (χ4v) is 2.53. The fourth-order valence-electron chi connectivity index (χ4n) is 1.59. The van der Waals surface area contributed by atoms with Gasteiger partial charge in [-0.15, -0.1) is 0 Å². The highest BCUT2D eigenvalue weighted by Crippen LogP contribution is 2.17. The number of carbonyl (C=O) groups is 1. The van der Waals surface area contributed by atoms with Crippen LogP contribution in [0.1, 0.15) is 10.4 Å². The van der Waals surface area contributed by atoms with E-state index in [4.69, 9.17) is 11.6 Å². The van der Waals surface area contributed by atoms with Crippen LogP contribution in [0.3, 0.4) is 0 Å². The van der Waals surface area contributed by atoms with Crippen LogP contribution in [0.2, 0.25) is 5.02 Å². The van der Waals surface area contributed by atoms with E-state index in [1.165, 1.54) is 49.8 Å². The van der Waals surface area contributed by atoms with Crippen molar-refractivity contribution < 1.29 is 13.2 Å². The standard InChI is InChI=1S/C13H12ClN3O3S/c1-15-21(19,20)10-4-2-9(3-5-10)17-13(18)11-6-7-16-8-12(11)14/h2-8,15H,1H3,(H,17,18). The lowest BCUT2D eigenvalue weighted by Gasteiger charge is -2.07. The number of halogens is 1. The summed E-state index contributed by atoms with van der Waals surface area (Å²) in [5.41, 5.74) is 0.751. The minimum atomic E-state index is -3.49.